The van der Waals surface area contributed by atoms with E-state index in [1.807, 2.05) is 23.6 Å². The predicted octanol–water partition coefficient (Wildman–Crippen LogP) is 4.25. The number of ether oxygens (including phenoxy) is 2. The second kappa shape index (κ2) is 7.94. The average Bonchev–Trinajstić information content (AvgIpc) is 3.23. The van der Waals surface area contributed by atoms with Crippen molar-refractivity contribution >= 4 is 45.7 Å². The molecule has 0 aliphatic rings. The van der Waals surface area contributed by atoms with Crippen molar-refractivity contribution in [3.8, 4) is 11.5 Å². The van der Waals surface area contributed by atoms with Gasteiger partial charge < -0.3 is 9.47 Å². The van der Waals surface area contributed by atoms with E-state index in [1.165, 1.54) is 4.88 Å². The summed E-state index contributed by atoms with van der Waals surface area (Å²) in [4.78, 5) is 1.19. The van der Waals surface area contributed by atoms with Crippen molar-refractivity contribution in [1.29, 1.82) is 0 Å². The van der Waals surface area contributed by atoms with Crippen molar-refractivity contribution in [2.45, 2.75) is 6.42 Å². The third-order valence-corrected chi connectivity index (χ3v) is 5.01. The Morgan fingerprint density at radius 1 is 1.40 bits per heavy atom. The Morgan fingerprint density at radius 3 is 2.92 bits per heavy atom. The van der Waals surface area contributed by atoms with E-state index in [1.54, 1.807) is 36.4 Å². The van der Waals surface area contributed by atoms with Crippen LogP contribution in [-0.4, -0.2) is 35.3 Å². The molecule has 0 atom stereocenters. The van der Waals surface area contributed by atoms with Crippen LogP contribution in [0, 0.1) is 4.77 Å². The molecule has 2 heterocycles. The lowest BCUT2D eigenvalue weighted by Crippen LogP contribution is -2.01. The quantitative estimate of drug-likeness (QED) is 0.461. The van der Waals surface area contributed by atoms with Crippen LogP contribution in [0.15, 0.2) is 39.2 Å². The fraction of sp³-hybridized carbons (Fsp3) is 0.188. The number of hydrogen-bond acceptors (Lipinski definition) is 6. The lowest BCUT2D eigenvalue weighted by atomic mass is 10.2. The summed E-state index contributed by atoms with van der Waals surface area (Å²) in [6, 6.07) is 7.79. The molecule has 3 aromatic rings. The molecular weight excluding hydrogens is 424 g/mol. The number of aromatic amines is 1. The number of H-pyrrole nitrogens is 1. The van der Waals surface area contributed by atoms with Crippen LogP contribution in [0.3, 0.4) is 0 Å². The van der Waals surface area contributed by atoms with Crippen molar-refractivity contribution in [2.24, 2.45) is 5.10 Å². The minimum atomic E-state index is 0.434. The molecule has 0 radical (unpaired) electrons. The number of methoxy groups -OCH3 is 2. The number of aromatic nitrogens is 3. The van der Waals surface area contributed by atoms with Gasteiger partial charge in [0.25, 0.3) is 0 Å². The van der Waals surface area contributed by atoms with E-state index in [9.17, 15) is 0 Å². The van der Waals surface area contributed by atoms with E-state index in [0.717, 1.165) is 15.9 Å². The standard InChI is InChI=1S/C16H15BrN4O2S2/c1-22-13-7-11(17)6-10(15(13)23-2)9-18-21-14(19-20-16(21)24)8-12-4-3-5-25-12/h3-7,9H,8H2,1-2H3,(H,20,24)/b18-9-. The summed E-state index contributed by atoms with van der Waals surface area (Å²) in [7, 11) is 3.19. The van der Waals surface area contributed by atoms with E-state index in [-0.39, 0.29) is 0 Å². The zero-order valence-corrected chi connectivity index (χ0v) is 16.7. The smallest absolute Gasteiger partial charge is 0.216 e. The summed E-state index contributed by atoms with van der Waals surface area (Å²) >= 11 is 10.4. The Bertz CT molecular complexity index is 948. The molecule has 0 spiro atoms. The van der Waals surface area contributed by atoms with Gasteiger partial charge in [0.2, 0.25) is 4.77 Å². The number of thiophene rings is 1. The molecule has 25 heavy (non-hydrogen) atoms. The molecule has 9 heteroatoms. The van der Waals surface area contributed by atoms with Gasteiger partial charge >= 0.3 is 0 Å². The van der Waals surface area contributed by atoms with Gasteiger partial charge in [0.15, 0.2) is 17.3 Å². The van der Waals surface area contributed by atoms with Crippen molar-refractivity contribution < 1.29 is 9.47 Å². The summed E-state index contributed by atoms with van der Waals surface area (Å²) in [5.41, 5.74) is 0.763. The van der Waals surface area contributed by atoms with Crippen LogP contribution in [0.1, 0.15) is 16.3 Å². The normalized spacial score (nSPS) is 11.2. The molecule has 0 saturated carbocycles. The Morgan fingerprint density at radius 2 is 2.24 bits per heavy atom. The van der Waals surface area contributed by atoms with Gasteiger partial charge in [-0.15, -0.1) is 11.3 Å². The molecule has 0 saturated heterocycles. The van der Waals surface area contributed by atoms with Crippen molar-refractivity contribution in [3.05, 3.63) is 55.2 Å². The highest BCUT2D eigenvalue weighted by molar-refractivity contribution is 9.10. The third kappa shape index (κ3) is 4.00. The first-order valence-electron chi connectivity index (χ1n) is 7.27. The van der Waals surface area contributed by atoms with Gasteiger partial charge in [0.1, 0.15) is 0 Å². The van der Waals surface area contributed by atoms with Crippen LogP contribution in [0.4, 0.5) is 0 Å². The van der Waals surface area contributed by atoms with Gasteiger partial charge in [-0.1, -0.05) is 22.0 Å². The van der Waals surface area contributed by atoms with Crippen LogP contribution in [0.2, 0.25) is 0 Å². The summed E-state index contributed by atoms with van der Waals surface area (Å²) in [6.45, 7) is 0. The second-order valence-electron chi connectivity index (χ2n) is 4.99. The fourth-order valence-corrected chi connectivity index (χ4v) is 3.66. The van der Waals surface area contributed by atoms with E-state index >= 15 is 0 Å². The summed E-state index contributed by atoms with van der Waals surface area (Å²) in [6.07, 6.45) is 2.33. The van der Waals surface area contributed by atoms with Gasteiger partial charge in [-0.3, -0.25) is 5.10 Å². The number of nitrogens with one attached hydrogen (secondary N) is 1. The number of benzene rings is 1. The highest BCUT2D eigenvalue weighted by atomic mass is 79.9. The van der Waals surface area contributed by atoms with Crippen LogP contribution in [0.5, 0.6) is 11.5 Å². The maximum absolute atomic E-state index is 5.44. The third-order valence-electron chi connectivity index (χ3n) is 3.41. The molecule has 0 unspecified atom stereocenters. The molecule has 0 aliphatic heterocycles. The van der Waals surface area contributed by atoms with Crippen LogP contribution >= 0.6 is 39.5 Å². The molecule has 2 aromatic heterocycles. The lowest BCUT2D eigenvalue weighted by Gasteiger charge is -2.10. The Labute approximate surface area is 162 Å². The van der Waals surface area contributed by atoms with E-state index in [4.69, 9.17) is 21.7 Å². The van der Waals surface area contributed by atoms with Crippen LogP contribution < -0.4 is 9.47 Å². The van der Waals surface area contributed by atoms with E-state index in [2.05, 4.69) is 37.3 Å². The minimum Gasteiger partial charge on any atom is -0.493 e. The fourth-order valence-electron chi connectivity index (χ4n) is 2.30. The van der Waals surface area contributed by atoms with Crippen molar-refractivity contribution in [2.75, 3.05) is 14.2 Å². The largest absolute Gasteiger partial charge is 0.493 e. The molecule has 3 rings (SSSR count). The Kier molecular flexibility index (Phi) is 5.67. The van der Waals surface area contributed by atoms with E-state index in [0.29, 0.717) is 22.7 Å². The van der Waals surface area contributed by atoms with Gasteiger partial charge in [-0.2, -0.15) is 14.9 Å². The first-order chi connectivity index (χ1) is 12.1. The van der Waals surface area contributed by atoms with Crippen molar-refractivity contribution in [3.63, 3.8) is 0 Å². The first-order valence-corrected chi connectivity index (χ1v) is 9.35. The number of hydrogen-bond donors (Lipinski definition) is 1. The first kappa shape index (κ1) is 17.8. The molecule has 6 nitrogen and oxygen atoms in total. The van der Waals surface area contributed by atoms with Crippen molar-refractivity contribution in [1.82, 2.24) is 14.9 Å². The minimum absolute atomic E-state index is 0.434. The SMILES string of the molecule is COc1cc(Br)cc(/C=N\n2c(Cc3cccs3)n[nH]c2=S)c1OC. The molecule has 1 aromatic carbocycles. The Hall–Kier alpha value is -1.97. The number of rotatable bonds is 6. The Balaban J connectivity index is 1.97. The molecule has 0 amide bonds. The molecule has 130 valence electrons. The van der Waals surface area contributed by atoms with Gasteiger partial charge in [-0.05, 0) is 35.8 Å². The monoisotopic (exact) mass is 438 g/mol. The lowest BCUT2D eigenvalue weighted by molar-refractivity contribution is 0.354. The molecular formula is C16H15BrN4O2S2. The van der Waals surface area contributed by atoms with Gasteiger partial charge in [-0.25, -0.2) is 0 Å². The van der Waals surface area contributed by atoms with Crippen LogP contribution in [0.25, 0.3) is 0 Å². The number of halogens is 1. The molecule has 1 N–H and O–H groups in total. The highest BCUT2D eigenvalue weighted by Crippen LogP contribution is 2.33. The maximum atomic E-state index is 5.44. The second-order valence-corrected chi connectivity index (χ2v) is 7.32. The highest BCUT2D eigenvalue weighted by Gasteiger charge is 2.11. The topological polar surface area (TPSA) is 64.4 Å². The maximum Gasteiger partial charge on any atom is 0.216 e. The van der Waals surface area contributed by atoms with Gasteiger partial charge in [0.05, 0.1) is 20.4 Å². The van der Waals surface area contributed by atoms with E-state index < -0.39 is 0 Å². The summed E-state index contributed by atoms with van der Waals surface area (Å²) < 4.78 is 13.7. The molecule has 0 fully saturated rings. The molecule has 0 bridgehead atoms. The predicted molar refractivity (Wildman–Crippen MR) is 105 cm³/mol. The summed E-state index contributed by atoms with van der Waals surface area (Å²) in [5, 5.41) is 13.6. The van der Waals surface area contributed by atoms with Crippen LogP contribution in [-0.2, 0) is 6.42 Å². The zero-order valence-electron chi connectivity index (χ0n) is 13.5. The number of nitrogens with zero attached hydrogens (tertiary/aromatic N) is 3. The molecule has 0 aliphatic carbocycles. The van der Waals surface area contributed by atoms with Gasteiger partial charge in [0, 0.05) is 21.3 Å². The summed E-state index contributed by atoms with van der Waals surface area (Å²) in [5.74, 6) is 1.96. The zero-order chi connectivity index (χ0) is 17.8. The average molecular weight is 439 g/mol.